The number of halogens is 2. The topological polar surface area (TPSA) is 12.0 Å². The highest BCUT2D eigenvalue weighted by Crippen LogP contribution is 2.13. The van der Waals surface area contributed by atoms with Gasteiger partial charge < -0.3 is 5.32 Å². The highest BCUT2D eigenvalue weighted by molar-refractivity contribution is 6.30. The van der Waals surface area contributed by atoms with Crippen LogP contribution in [0.4, 0.5) is 4.39 Å². The van der Waals surface area contributed by atoms with Gasteiger partial charge in [0.2, 0.25) is 0 Å². The molecule has 2 aromatic rings. The molecule has 0 saturated heterocycles. The fourth-order valence-corrected chi connectivity index (χ4v) is 2.08. The molecular weight excluding hydrogens is 261 g/mol. The summed E-state index contributed by atoms with van der Waals surface area (Å²) in [6.07, 6.45) is 0.947. The monoisotopic (exact) mass is 277 g/mol. The zero-order valence-corrected chi connectivity index (χ0v) is 11.6. The molecule has 0 saturated carbocycles. The van der Waals surface area contributed by atoms with E-state index in [0.717, 1.165) is 23.6 Å². The molecule has 0 radical (unpaired) electrons. The van der Waals surface area contributed by atoms with Crippen molar-refractivity contribution in [3.05, 3.63) is 70.5 Å². The second kappa shape index (κ2) is 6.69. The second-order valence-corrected chi connectivity index (χ2v) is 5.04. The van der Waals surface area contributed by atoms with Gasteiger partial charge >= 0.3 is 0 Å². The van der Waals surface area contributed by atoms with E-state index in [1.165, 1.54) is 17.7 Å². The standard InChI is InChI=1S/C16H17ClFN/c1-12(14-4-8-16(18)9-5-14)19-11-10-13-2-6-15(17)7-3-13/h2-9,12,19H,10-11H2,1H3. The Morgan fingerprint density at radius 2 is 1.68 bits per heavy atom. The smallest absolute Gasteiger partial charge is 0.123 e. The van der Waals surface area contributed by atoms with Gasteiger partial charge in [-0.3, -0.25) is 0 Å². The lowest BCUT2D eigenvalue weighted by atomic mass is 10.1. The lowest BCUT2D eigenvalue weighted by molar-refractivity contribution is 0.573. The van der Waals surface area contributed by atoms with Gasteiger partial charge in [0.1, 0.15) is 5.82 Å². The van der Waals surface area contributed by atoms with Crippen molar-refractivity contribution in [1.29, 1.82) is 0 Å². The minimum Gasteiger partial charge on any atom is -0.310 e. The third kappa shape index (κ3) is 4.34. The number of rotatable bonds is 5. The van der Waals surface area contributed by atoms with Crippen LogP contribution in [0.2, 0.25) is 5.02 Å². The van der Waals surface area contributed by atoms with Crippen LogP contribution in [0.25, 0.3) is 0 Å². The van der Waals surface area contributed by atoms with Crippen LogP contribution >= 0.6 is 11.6 Å². The molecule has 0 bridgehead atoms. The summed E-state index contributed by atoms with van der Waals surface area (Å²) in [6.45, 7) is 2.95. The van der Waals surface area contributed by atoms with Gasteiger partial charge in [0.15, 0.2) is 0 Å². The van der Waals surface area contributed by atoms with Crippen LogP contribution in [0, 0.1) is 5.82 Å². The van der Waals surface area contributed by atoms with Gasteiger partial charge in [0, 0.05) is 11.1 Å². The molecule has 0 aromatic heterocycles. The largest absolute Gasteiger partial charge is 0.310 e. The molecular formula is C16H17ClFN. The summed E-state index contributed by atoms with van der Waals surface area (Å²) in [6, 6.07) is 14.7. The molecule has 1 atom stereocenters. The van der Waals surface area contributed by atoms with Crippen LogP contribution in [0.15, 0.2) is 48.5 Å². The molecule has 2 aromatic carbocycles. The Kier molecular flexibility index (Phi) is 4.94. The van der Waals surface area contributed by atoms with Crippen molar-refractivity contribution in [3.8, 4) is 0 Å². The Balaban J connectivity index is 1.82. The Labute approximate surface area is 118 Å². The van der Waals surface area contributed by atoms with E-state index < -0.39 is 0 Å². The van der Waals surface area contributed by atoms with Crippen molar-refractivity contribution in [3.63, 3.8) is 0 Å². The molecule has 100 valence electrons. The van der Waals surface area contributed by atoms with E-state index in [1.807, 2.05) is 36.4 Å². The number of hydrogen-bond acceptors (Lipinski definition) is 1. The fourth-order valence-electron chi connectivity index (χ4n) is 1.95. The van der Waals surface area contributed by atoms with Crippen LogP contribution in [-0.4, -0.2) is 6.54 Å². The molecule has 0 heterocycles. The van der Waals surface area contributed by atoms with E-state index in [-0.39, 0.29) is 11.9 Å². The van der Waals surface area contributed by atoms with E-state index in [2.05, 4.69) is 12.2 Å². The molecule has 1 unspecified atom stereocenters. The molecule has 3 heteroatoms. The van der Waals surface area contributed by atoms with Crippen LogP contribution < -0.4 is 5.32 Å². The molecule has 2 rings (SSSR count). The van der Waals surface area contributed by atoms with Gasteiger partial charge in [0.25, 0.3) is 0 Å². The summed E-state index contributed by atoms with van der Waals surface area (Å²) in [5.41, 5.74) is 2.35. The van der Waals surface area contributed by atoms with Gasteiger partial charge in [-0.2, -0.15) is 0 Å². The average Bonchev–Trinajstić information content (AvgIpc) is 2.41. The quantitative estimate of drug-likeness (QED) is 0.856. The van der Waals surface area contributed by atoms with E-state index in [9.17, 15) is 4.39 Å². The summed E-state index contributed by atoms with van der Waals surface area (Å²) in [7, 11) is 0. The molecule has 0 spiro atoms. The minimum atomic E-state index is -0.197. The van der Waals surface area contributed by atoms with Crippen molar-refractivity contribution in [2.24, 2.45) is 0 Å². The number of hydrogen-bond donors (Lipinski definition) is 1. The van der Waals surface area contributed by atoms with Crippen molar-refractivity contribution in [1.82, 2.24) is 5.32 Å². The van der Waals surface area contributed by atoms with Crippen molar-refractivity contribution >= 4 is 11.6 Å². The van der Waals surface area contributed by atoms with Crippen LogP contribution in [0.1, 0.15) is 24.1 Å². The normalized spacial score (nSPS) is 12.4. The molecule has 0 aliphatic carbocycles. The Morgan fingerprint density at radius 3 is 2.32 bits per heavy atom. The molecule has 1 N–H and O–H groups in total. The molecule has 0 fully saturated rings. The van der Waals surface area contributed by atoms with Crippen molar-refractivity contribution in [2.45, 2.75) is 19.4 Å². The van der Waals surface area contributed by atoms with Crippen LogP contribution in [0.5, 0.6) is 0 Å². The Morgan fingerprint density at radius 1 is 1.05 bits per heavy atom. The van der Waals surface area contributed by atoms with Gasteiger partial charge in [-0.25, -0.2) is 4.39 Å². The lowest BCUT2D eigenvalue weighted by Gasteiger charge is -2.14. The lowest BCUT2D eigenvalue weighted by Crippen LogP contribution is -2.21. The maximum absolute atomic E-state index is 12.8. The van der Waals surface area contributed by atoms with E-state index >= 15 is 0 Å². The van der Waals surface area contributed by atoms with Crippen LogP contribution in [-0.2, 0) is 6.42 Å². The summed E-state index contributed by atoms with van der Waals surface area (Å²) in [5.74, 6) is -0.197. The van der Waals surface area contributed by atoms with Gasteiger partial charge in [-0.15, -0.1) is 0 Å². The molecule has 0 aliphatic rings. The van der Waals surface area contributed by atoms with E-state index in [4.69, 9.17) is 11.6 Å². The molecule has 19 heavy (non-hydrogen) atoms. The SMILES string of the molecule is CC(NCCc1ccc(Cl)cc1)c1ccc(F)cc1. The second-order valence-electron chi connectivity index (χ2n) is 4.60. The first-order chi connectivity index (χ1) is 9.15. The number of nitrogens with one attached hydrogen (secondary N) is 1. The summed E-state index contributed by atoms with van der Waals surface area (Å²) >= 11 is 5.84. The van der Waals surface area contributed by atoms with Crippen molar-refractivity contribution < 1.29 is 4.39 Å². The fraction of sp³-hybridized carbons (Fsp3) is 0.250. The predicted octanol–water partition coefficient (Wildman–Crippen LogP) is 4.37. The number of benzene rings is 2. The van der Waals surface area contributed by atoms with Gasteiger partial charge in [-0.05, 0) is 55.3 Å². The summed E-state index contributed by atoms with van der Waals surface area (Å²) in [4.78, 5) is 0. The maximum Gasteiger partial charge on any atom is 0.123 e. The Bertz CT molecular complexity index is 507. The van der Waals surface area contributed by atoms with E-state index in [0.29, 0.717) is 0 Å². The van der Waals surface area contributed by atoms with Gasteiger partial charge in [-0.1, -0.05) is 35.9 Å². The minimum absolute atomic E-state index is 0.197. The first kappa shape index (κ1) is 14.0. The molecule has 1 nitrogen and oxygen atoms in total. The predicted molar refractivity (Wildman–Crippen MR) is 78.0 cm³/mol. The first-order valence-corrected chi connectivity index (χ1v) is 6.76. The summed E-state index contributed by atoms with van der Waals surface area (Å²) in [5, 5.41) is 4.19. The maximum atomic E-state index is 12.8. The van der Waals surface area contributed by atoms with Crippen molar-refractivity contribution in [2.75, 3.05) is 6.54 Å². The third-order valence-corrected chi connectivity index (χ3v) is 3.40. The Hall–Kier alpha value is -1.38. The van der Waals surface area contributed by atoms with Crippen LogP contribution in [0.3, 0.4) is 0 Å². The highest BCUT2D eigenvalue weighted by Gasteiger charge is 2.04. The third-order valence-electron chi connectivity index (χ3n) is 3.15. The van der Waals surface area contributed by atoms with E-state index in [1.54, 1.807) is 0 Å². The average molecular weight is 278 g/mol. The summed E-state index contributed by atoms with van der Waals surface area (Å²) < 4.78 is 12.8. The molecule has 0 amide bonds. The first-order valence-electron chi connectivity index (χ1n) is 6.38. The zero-order valence-electron chi connectivity index (χ0n) is 10.9. The molecule has 0 aliphatic heterocycles. The highest BCUT2D eigenvalue weighted by atomic mass is 35.5. The van der Waals surface area contributed by atoms with Gasteiger partial charge in [0.05, 0.1) is 0 Å². The zero-order chi connectivity index (χ0) is 13.7.